The standard InChI is InChI=1S/C20H14N2O4/c23-19-11-10-18(22(25)26)12-16(19)13-21-17-8-6-15(7-9-17)20(24)14-4-2-1-3-5-14/h1-13,23H. The van der Waals surface area contributed by atoms with E-state index in [4.69, 9.17) is 0 Å². The predicted octanol–water partition coefficient (Wildman–Crippen LogP) is 4.28. The Labute approximate surface area is 149 Å². The number of hydrogen-bond donors (Lipinski definition) is 1. The summed E-state index contributed by atoms with van der Waals surface area (Å²) in [7, 11) is 0. The Morgan fingerprint density at radius 1 is 0.962 bits per heavy atom. The second-order valence-corrected chi connectivity index (χ2v) is 5.50. The second kappa shape index (κ2) is 7.40. The summed E-state index contributed by atoms with van der Waals surface area (Å²) in [6.45, 7) is 0. The fourth-order valence-corrected chi connectivity index (χ4v) is 2.36. The molecule has 3 rings (SSSR count). The van der Waals surface area contributed by atoms with E-state index >= 15 is 0 Å². The van der Waals surface area contributed by atoms with E-state index in [1.807, 2.05) is 6.07 Å². The van der Waals surface area contributed by atoms with Crippen molar-refractivity contribution in [3.05, 3.63) is 99.6 Å². The highest BCUT2D eigenvalue weighted by atomic mass is 16.6. The Balaban J connectivity index is 1.80. The Kier molecular flexibility index (Phi) is 4.85. The number of carbonyl (C=O) groups excluding carboxylic acids is 1. The van der Waals surface area contributed by atoms with Gasteiger partial charge in [0.15, 0.2) is 5.78 Å². The monoisotopic (exact) mass is 346 g/mol. The maximum absolute atomic E-state index is 12.3. The van der Waals surface area contributed by atoms with Gasteiger partial charge in [-0.1, -0.05) is 30.3 Å². The summed E-state index contributed by atoms with van der Waals surface area (Å²) in [5, 5.41) is 20.6. The average Bonchev–Trinajstić information content (AvgIpc) is 2.67. The van der Waals surface area contributed by atoms with Crippen molar-refractivity contribution in [3.63, 3.8) is 0 Å². The lowest BCUT2D eigenvalue weighted by atomic mass is 10.0. The quantitative estimate of drug-likeness (QED) is 0.323. The molecule has 0 aliphatic heterocycles. The Hall–Kier alpha value is -3.80. The van der Waals surface area contributed by atoms with Crippen LogP contribution in [0.5, 0.6) is 5.75 Å². The van der Waals surface area contributed by atoms with Crippen molar-refractivity contribution in [1.82, 2.24) is 0 Å². The van der Waals surface area contributed by atoms with Crippen molar-refractivity contribution in [2.45, 2.75) is 0 Å². The molecule has 0 aromatic heterocycles. The van der Waals surface area contributed by atoms with Gasteiger partial charge in [-0.2, -0.15) is 0 Å². The summed E-state index contributed by atoms with van der Waals surface area (Å²) in [5.74, 6) is -0.187. The smallest absolute Gasteiger partial charge is 0.270 e. The van der Waals surface area contributed by atoms with Crippen molar-refractivity contribution in [1.29, 1.82) is 0 Å². The molecule has 0 radical (unpaired) electrons. The highest BCUT2D eigenvalue weighted by Crippen LogP contribution is 2.22. The molecule has 0 aliphatic rings. The number of nitrogens with zero attached hydrogens (tertiary/aromatic N) is 2. The molecule has 26 heavy (non-hydrogen) atoms. The van der Waals surface area contributed by atoms with Crippen LogP contribution in [0.2, 0.25) is 0 Å². The molecular formula is C20H14N2O4. The molecule has 3 aromatic carbocycles. The van der Waals surface area contributed by atoms with Gasteiger partial charge in [-0.15, -0.1) is 0 Å². The first-order chi connectivity index (χ1) is 12.5. The van der Waals surface area contributed by atoms with Crippen LogP contribution in [-0.4, -0.2) is 22.0 Å². The van der Waals surface area contributed by atoms with Gasteiger partial charge in [0, 0.05) is 35.0 Å². The molecule has 0 amide bonds. The first-order valence-electron chi connectivity index (χ1n) is 7.76. The number of nitro groups is 1. The zero-order valence-electron chi connectivity index (χ0n) is 13.6. The highest BCUT2D eigenvalue weighted by Gasteiger charge is 2.09. The molecule has 0 saturated carbocycles. The maximum Gasteiger partial charge on any atom is 0.270 e. The first kappa shape index (κ1) is 17.0. The van der Waals surface area contributed by atoms with E-state index in [0.717, 1.165) is 0 Å². The second-order valence-electron chi connectivity index (χ2n) is 5.50. The van der Waals surface area contributed by atoms with Crippen molar-refractivity contribution in [3.8, 4) is 5.75 Å². The summed E-state index contributed by atoms with van der Waals surface area (Å²) in [4.78, 5) is 26.8. The average molecular weight is 346 g/mol. The van der Waals surface area contributed by atoms with Crippen molar-refractivity contribution >= 4 is 23.4 Å². The van der Waals surface area contributed by atoms with Crippen molar-refractivity contribution < 1.29 is 14.8 Å². The van der Waals surface area contributed by atoms with Gasteiger partial charge in [-0.3, -0.25) is 19.9 Å². The topological polar surface area (TPSA) is 92.8 Å². The Morgan fingerprint density at radius 2 is 1.62 bits per heavy atom. The first-order valence-corrected chi connectivity index (χ1v) is 7.76. The zero-order valence-corrected chi connectivity index (χ0v) is 13.6. The summed E-state index contributed by atoms with van der Waals surface area (Å²) in [6, 6.07) is 19.3. The van der Waals surface area contributed by atoms with Crippen LogP contribution in [0.25, 0.3) is 0 Å². The number of non-ortho nitro benzene ring substituents is 1. The van der Waals surface area contributed by atoms with E-state index < -0.39 is 4.92 Å². The number of aromatic hydroxyl groups is 1. The van der Waals surface area contributed by atoms with E-state index in [1.165, 1.54) is 24.4 Å². The third-order valence-corrected chi connectivity index (χ3v) is 3.74. The molecule has 0 fully saturated rings. The van der Waals surface area contributed by atoms with E-state index in [-0.39, 0.29) is 22.8 Å². The molecule has 0 heterocycles. The number of carbonyl (C=O) groups is 1. The van der Waals surface area contributed by atoms with Crippen LogP contribution in [0.4, 0.5) is 11.4 Å². The lowest BCUT2D eigenvalue weighted by Gasteiger charge is -2.02. The summed E-state index contributed by atoms with van der Waals surface area (Å²) < 4.78 is 0. The van der Waals surface area contributed by atoms with Crippen LogP contribution in [-0.2, 0) is 0 Å². The molecule has 0 spiro atoms. The minimum atomic E-state index is -0.541. The van der Waals surface area contributed by atoms with Crippen LogP contribution < -0.4 is 0 Å². The van der Waals surface area contributed by atoms with E-state index in [2.05, 4.69) is 4.99 Å². The zero-order chi connectivity index (χ0) is 18.5. The predicted molar refractivity (Wildman–Crippen MR) is 98.3 cm³/mol. The molecule has 6 heteroatoms. The number of phenolic OH excluding ortho intramolecular Hbond substituents is 1. The van der Waals surface area contributed by atoms with E-state index in [9.17, 15) is 20.0 Å². The molecule has 0 saturated heterocycles. The van der Waals surface area contributed by atoms with Crippen molar-refractivity contribution in [2.75, 3.05) is 0 Å². The molecule has 0 atom stereocenters. The Bertz CT molecular complexity index is 980. The fourth-order valence-electron chi connectivity index (χ4n) is 2.36. The van der Waals surface area contributed by atoms with Gasteiger partial charge in [-0.25, -0.2) is 0 Å². The van der Waals surface area contributed by atoms with Crippen molar-refractivity contribution in [2.24, 2.45) is 4.99 Å². The van der Waals surface area contributed by atoms with Gasteiger partial charge < -0.3 is 5.11 Å². The summed E-state index contributed by atoms with van der Waals surface area (Å²) in [6.07, 6.45) is 1.34. The molecule has 0 aliphatic carbocycles. The summed E-state index contributed by atoms with van der Waals surface area (Å²) in [5.41, 5.74) is 1.80. The minimum Gasteiger partial charge on any atom is -0.507 e. The number of rotatable bonds is 5. The molecule has 0 bridgehead atoms. The van der Waals surface area contributed by atoms with Gasteiger partial charge in [0.05, 0.1) is 10.6 Å². The fraction of sp³-hybridized carbons (Fsp3) is 0. The molecule has 3 aromatic rings. The molecule has 128 valence electrons. The van der Waals surface area contributed by atoms with Gasteiger partial charge in [0.1, 0.15) is 5.75 Å². The Morgan fingerprint density at radius 3 is 2.27 bits per heavy atom. The number of phenols is 1. The number of nitro benzene ring substituents is 1. The van der Waals surface area contributed by atoms with Crippen LogP contribution in [0, 0.1) is 10.1 Å². The maximum atomic E-state index is 12.3. The van der Waals surface area contributed by atoms with Crippen LogP contribution in [0.3, 0.4) is 0 Å². The molecular weight excluding hydrogens is 332 g/mol. The van der Waals surface area contributed by atoms with Gasteiger partial charge >= 0.3 is 0 Å². The normalized spacial score (nSPS) is 10.8. The molecule has 6 nitrogen and oxygen atoms in total. The number of aliphatic imine (C=N–C) groups is 1. The number of ketones is 1. The SMILES string of the molecule is O=C(c1ccccc1)c1ccc(N=Cc2cc([N+](=O)[O-])ccc2O)cc1. The van der Waals surface area contributed by atoms with E-state index in [1.54, 1.807) is 48.5 Å². The molecule has 1 N–H and O–H groups in total. The summed E-state index contributed by atoms with van der Waals surface area (Å²) >= 11 is 0. The van der Waals surface area contributed by atoms with Gasteiger partial charge in [0.2, 0.25) is 0 Å². The van der Waals surface area contributed by atoms with Gasteiger partial charge in [-0.05, 0) is 30.3 Å². The van der Waals surface area contributed by atoms with Gasteiger partial charge in [0.25, 0.3) is 5.69 Å². The third kappa shape index (κ3) is 3.81. The molecule has 0 unspecified atom stereocenters. The number of hydrogen-bond acceptors (Lipinski definition) is 5. The largest absolute Gasteiger partial charge is 0.507 e. The third-order valence-electron chi connectivity index (χ3n) is 3.74. The highest BCUT2D eigenvalue weighted by molar-refractivity contribution is 6.09. The lowest BCUT2D eigenvalue weighted by Crippen LogP contribution is -2.00. The van der Waals surface area contributed by atoms with Crippen LogP contribution in [0.1, 0.15) is 21.5 Å². The minimum absolute atomic E-state index is 0.0857. The number of benzene rings is 3. The lowest BCUT2D eigenvalue weighted by molar-refractivity contribution is -0.384. The van der Waals surface area contributed by atoms with Crippen LogP contribution >= 0.6 is 0 Å². The van der Waals surface area contributed by atoms with Crippen LogP contribution in [0.15, 0.2) is 77.8 Å². The van der Waals surface area contributed by atoms with E-state index in [0.29, 0.717) is 16.8 Å².